The fourth-order valence-corrected chi connectivity index (χ4v) is 1.90. The molecule has 1 aromatic rings. The van der Waals surface area contributed by atoms with E-state index in [0.29, 0.717) is 0 Å². The first-order valence-corrected chi connectivity index (χ1v) is 6.61. The topological polar surface area (TPSA) is 0 Å². The molecular formula is C10H16S. The highest BCUT2D eigenvalue weighted by atomic mass is 32.3. The van der Waals surface area contributed by atoms with Gasteiger partial charge in [-0.1, -0.05) is 17.7 Å². The average molecular weight is 168 g/mol. The number of hydrogen-bond acceptors (Lipinski definition) is 0. The highest BCUT2D eigenvalue weighted by Gasteiger charge is 2.05. The van der Waals surface area contributed by atoms with Gasteiger partial charge in [-0.05, 0) is 42.7 Å². The molecule has 0 heterocycles. The lowest BCUT2D eigenvalue weighted by Gasteiger charge is -2.25. The molecule has 0 amide bonds. The maximum atomic E-state index is 2.32. The van der Waals surface area contributed by atoms with Gasteiger partial charge < -0.3 is 0 Å². The molecule has 0 aromatic heterocycles. The minimum Gasteiger partial charge on any atom is -0.223 e. The summed E-state index contributed by atoms with van der Waals surface area (Å²) in [6.45, 7) is 2.13. The molecule has 0 radical (unpaired) electrons. The van der Waals surface area contributed by atoms with Crippen LogP contribution in [0.5, 0.6) is 0 Å². The van der Waals surface area contributed by atoms with Crippen LogP contribution in [0.25, 0.3) is 0 Å². The van der Waals surface area contributed by atoms with Gasteiger partial charge in [-0.2, -0.15) is 0 Å². The van der Waals surface area contributed by atoms with Gasteiger partial charge in [0, 0.05) is 0 Å². The van der Waals surface area contributed by atoms with E-state index >= 15 is 0 Å². The van der Waals surface area contributed by atoms with Crippen LogP contribution < -0.4 is 0 Å². The zero-order valence-electron chi connectivity index (χ0n) is 7.72. The van der Waals surface area contributed by atoms with E-state index in [2.05, 4.69) is 50.0 Å². The highest BCUT2D eigenvalue weighted by molar-refractivity contribution is 8.32. The van der Waals surface area contributed by atoms with Gasteiger partial charge in [-0.15, -0.1) is 0 Å². The van der Waals surface area contributed by atoms with Crippen LogP contribution in [0.1, 0.15) is 5.56 Å². The molecule has 0 fully saturated rings. The second-order valence-electron chi connectivity index (χ2n) is 3.65. The normalized spacial score (nSPS) is 13.1. The molecule has 0 aliphatic rings. The maximum Gasteiger partial charge on any atom is -0.0106 e. The van der Waals surface area contributed by atoms with Gasteiger partial charge in [0.05, 0.1) is 0 Å². The van der Waals surface area contributed by atoms with Crippen LogP contribution in [0, 0.1) is 6.92 Å². The number of hydrogen-bond donors (Lipinski definition) is 0. The zero-order chi connectivity index (χ0) is 8.48. The third kappa shape index (κ3) is 2.26. The van der Waals surface area contributed by atoms with Gasteiger partial charge in [-0.25, -0.2) is 10.0 Å². The van der Waals surface area contributed by atoms with Crippen LogP contribution in [0.4, 0.5) is 0 Å². The monoisotopic (exact) mass is 168 g/mol. The van der Waals surface area contributed by atoms with Gasteiger partial charge in [0.15, 0.2) is 0 Å². The molecule has 0 aliphatic carbocycles. The molecule has 0 bridgehead atoms. The zero-order valence-corrected chi connectivity index (χ0v) is 8.53. The lowest BCUT2D eigenvalue weighted by atomic mass is 10.2. The number of rotatable bonds is 1. The predicted molar refractivity (Wildman–Crippen MR) is 54.8 cm³/mol. The summed E-state index contributed by atoms with van der Waals surface area (Å²) >= 11 is 0. The minimum atomic E-state index is -0.520. The van der Waals surface area contributed by atoms with Gasteiger partial charge in [0.1, 0.15) is 0 Å². The molecule has 0 saturated carbocycles. The molecule has 0 nitrogen and oxygen atoms in total. The van der Waals surface area contributed by atoms with Crippen molar-refractivity contribution in [1.29, 1.82) is 0 Å². The maximum absolute atomic E-state index is 2.32. The molecule has 0 N–H and O–H groups in total. The first kappa shape index (κ1) is 8.66. The van der Waals surface area contributed by atoms with Crippen LogP contribution in [-0.4, -0.2) is 18.8 Å². The molecule has 1 heteroatoms. The van der Waals surface area contributed by atoms with Crippen LogP contribution >= 0.6 is 10.0 Å². The molecule has 0 aliphatic heterocycles. The standard InChI is InChI=1S/C10H16S/c1-9-5-7-10(8-6-9)11(2,3)4/h5-8H,1-4H3. The summed E-state index contributed by atoms with van der Waals surface area (Å²) in [6, 6.07) is 8.86. The van der Waals surface area contributed by atoms with Gasteiger partial charge in [0.2, 0.25) is 0 Å². The summed E-state index contributed by atoms with van der Waals surface area (Å²) in [5, 5.41) is 0. The molecule has 0 spiro atoms. The van der Waals surface area contributed by atoms with Crippen molar-refractivity contribution in [3.63, 3.8) is 0 Å². The third-order valence-corrected chi connectivity index (χ3v) is 3.41. The van der Waals surface area contributed by atoms with E-state index in [1.807, 2.05) is 0 Å². The Hall–Kier alpha value is -0.430. The van der Waals surface area contributed by atoms with Gasteiger partial charge in [-0.3, -0.25) is 0 Å². The Bertz CT molecular complexity index is 228. The second-order valence-corrected chi connectivity index (χ2v) is 7.80. The van der Waals surface area contributed by atoms with Crippen LogP contribution in [-0.2, 0) is 0 Å². The smallest absolute Gasteiger partial charge is 0.0106 e. The van der Waals surface area contributed by atoms with Crippen molar-refractivity contribution < 1.29 is 0 Å². The van der Waals surface area contributed by atoms with Crippen LogP contribution in [0.15, 0.2) is 29.2 Å². The molecule has 0 saturated heterocycles. The summed E-state index contributed by atoms with van der Waals surface area (Å²) in [4.78, 5) is 1.49. The molecule has 11 heavy (non-hydrogen) atoms. The molecule has 1 rings (SSSR count). The summed E-state index contributed by atoms with van der Waals surface area (Å²) in [6.07, 6.45) is 6.95. The largest absolute Gasteiger partial charge is 0.223 e. The minimum absolute atomic E-state index is 0.520. The van der Waals surface area contributed by atoms with Gasteiger partial charge >= 0.3 is 0 Å². The molecule has 1 aromatic carbocycles. The predicted octanol–water partition coefficient (Wildman–Crippen LogP) is 3.05. The lowest BCUT2D eigenvalue weighted by Crippen LogP contribution is -1.91. The Labute approximate surface area is 71.0 Å². The molecule has 0 unspecified atom stereocenters. The summed E-state index contributed by atoms with van der Waals surface area (Å²) < 4.78 is 0. The van der Waals surface area contributed by atoms with Crippen LogP contribution in [0.3, 0.4) is 0 Å². The number of aryl methyl sites for hydroxylation is 1. The first-order chi connectivity index (χ1) is 5.00. The van der Waals surface area contributed by atoms with E-state index in [4.69, 9.17) is 0 Å². The highest BCUT2D eigenvalue weighted by Crippen LogP contribution is 2.44. The summed E-state index contributed by atoms with van der Waals surface area (Å²) in [5.74, 6) is 0. The van der Waals surface area contributed by atoms with E-state index in [9.17, 15) is 0 Å². The number of benzene rings is 1. The van der Waals surface area contributed by atoms with E-state index in [0.717, 1.165) is 0 Å². The SMILES string of the molecule is Cc1ccc(S(C)(C)C)cc1. The van der Waals surface area contributed by atoms with Crippen molar-refractivity contribution in [2.24, 2.45) is 0 Å². The van der Waals surface area contributed by atoms with Gasteiger partial charge in [0.25, 0.3) is 0 Å². The quantitative estimate of drug-likeness (QED) is 0.604. The van der Waals surface area contributed by atoms with E-state index in [1.165, 1.54) is 10.5 Å². The van der Waals surface area contributed by atoms with E-state index < -0.39 is 10.0 Å². The molecule has 62 valence electrons. The summed E-state index contributed by atoms with van der Waals surface area (Å²) in [5.41, 5.74) is 1.34. The second kappa shape index (κ2) is 2.90. The van der Waals surface area contributed by atoms with Crippen molar-refractivity contribution in [3.8, 4) is 0 Å². The average Bonchev–Trinajstić information content (AvgIpc) is 1.86. The molecule has 0 atom stereocenters. The Morgan fingerprint density at radius 1 is 0.909 bits per heavy atom. The Balaban J connectivity index is 2.99. The molecular weight excluding hydrogens is 152 g/mol. The lowest BCUT2D eigenvalue weighted by molar-refractivity contribution is 1.36. The Morgan fingerprint density at radius 3 is 1.73 bits per heavy atom. The summed E-state index contributed by atoms with van der Waals surface area (Å²) in [7, 11) is -0.520. The van der Waals surface area contributed by atoms with Crippen molar-refractivity contribution in [2.45, 2.75) is 11.8 Å². The van der Waals surface area contributed by atoms with E-state index in [1.54, 1.807) is 0 Å². The first-order valence-electron chi connectivity index (χ1n) is 3.75. The fourth-order valence-electron chi connectivity index (χ4n) is 0.947. The van der Waals surface area contributed by atoms with Crippen molar-refractivity contribution in [1.82, 2.24) is 0 Å². The van der Waals surface area contributed by atoms with Crippen molar-refractivity contribution in [3.05, 3.63) is 29.8 Å². The third-order valence-electron chi connectivity index (χ3n) is 1.73. The fraction of sp³-hybridized carbons (Fsp3) is 0.400. The van der Waals surface area contributed by atoms with Crippen LogP contribution in [0.2, 0.25) is 0 Å². The van der Waals surface area contributed by atoms with Crippen molar-refractivity contribution in [2.75, 3.05) is 18.8 Å². The van der Waals surface area contributed by atoms with Crippen molar-refractivity contribution >= 4 is 10.0 Å². The van der Waals surface area contributed by atoms with E-state index in [-0.39, 0.29) is 0 Å². The Morgan fingerprint density at radius 2 is 1.36 bits per heavy atom. The Kier molecular flexibility index (Phi) is 2.28.